The van der Waals surface area contributed by atoms with Crippen LogP contribution in [0.4, 0.5) is 5.69 Å². The molecule has 6 heteroatoms. The molecule has 0 saturated carbocycles. The minimum Gasteiger partial charge on any atom is -0.436 e. The summed E-state index contributed by atoms with van der Waals surface area (Å²) in [6.07, 6.45) is 3.76. The molecule has 0 radical (unpaired) electrons. The number of carbonyl (C=O) groups is 1. The lowest BCUT2D eigenvalue weighted by atomic mass is 10.2. The number of hydrogen-bond donors (Lipinski definition) is 1. The first-order valence-electron chi connectivity index (χ1n) is 7.41. The monoisotopic (exact) mass is 335 g/mol. The predicted molar refractivity (Wildman–Crippen MR) is 93.9 cm³/mol. The van der Waals surface area contributed by atoms with Gasteiger partial charge >= 0.3 is 0 Å². The van der Waals surface area contributed by atoms with E-state index in [0.29, 0.717) is 23.6 Å². The van der Waals surface area contributed by atoms with E-state index in [9.17, 15) is 4.79 Å². The number of nitrogens with one attached hydrogen (secondary N) is 1. The summed E-state index contributed by atoms with van der Waals surface area (Å²) in [5.41, 5.74) is 2.94. The van der Waals surface area contributed by atoms with Crippen molar-refractivity contribution >= 4 is 34.0 Å². The smallest absolute Gasteiger partial charge is 0.229 e. The van der Waals surface area contributed by atoms with E-state index in [1.165, 1.54) is 0 Å². The lowest BCUT2D eigenvalue weighted by Crippen LogP contribution is -2.13. The number of nitrogens with zero attached hydrogens (tertiary/aromatic N) is 2. The Morgan fingerprint density at radius 1 is 1.17 bits per heavy atom. The molecule has 0 saturated heterocycles. The van der Waals surface area contributed by atoms with Crippen molar-refractivity contribution in [2.24, 2.45) is 0 Å². The van der Waals surface area contributed by atoms with Crippen LogP contribution in [0, 0.1) is 0 Å². The first kappa shape index (κ1) is 14.6. The van der Waals surface area contributed by atoms with Gasteiger partial charge in [0.15, 0.2) is 5.58 Å². The first-order chi connectivity index (χ1) is 11.8. The molecule has 1 N–H and O–H groups in total. The highest BCUT2D eigenvalue weighted by Crippen LogP contribution is 2.26. The fraction of sp³-hybridized carbons (Fsp3) is 0.0556. The van der Waals surface area contributed by atoms with E-state index in [1.807, 2.05) is 41.8 Å². The molecule has 5 nitrogen and oxygen atoms in total. The Balaban J connectivity index is 1.56. The number of anilines is 1. The zero-order chi connectivity index (χ0) is 16.4. The maximum atomic E-state index is 12.1. The second-order valence-electron chi connectivity index (χ2n) is 5.24. The van der Waals surface area contributed by atoms with E-state index < -0.39 is 0 Å². The van der Waals surface area contributed by atoms with Crippen molar-refractivity contribution in [2.45, 2.75) is 6.42 Å². The number of carbonyl (C=O) groups excluding carboxylic acids is 1. The van der Waals surface area contributed by atoms with Gasteiger partial charge in [0.25, 0.3) is 0 Å². The maximum absolute atomic E-state index is 12.1. The van der Waals surface area contributed by atoms with E-state index in [1.54, 1.807) is 29.8 Å². The highest BCUT2D eigenvalue weighted by Gasteiger charge is 2.10. The van der Waals surface area contributed by atoms with Gasteiger partial charge in [0, 0.05) is 34.6 Å². The predicted octanol–water partition coefficient (Wildman–Crippen LogP) is 4.13. The van der Waals surface area contributed by atoms with Crippen molar-refractivity contribution in [1.82, 2.24) is 9.97 Å². The van der Waals surface area contributed by atoms with Crippen LogP contribution in [-0.2, 0) is 11.2 Å². The Morgan fingerprint density at radius 3 is 2.83 bits per heavy atom. The molecule has 3 aromatic heterocycles. The molecular weight excluding hydrogens is 322 g/mol. The normalized spacial score (nSPS) is 10.8. The van der Waals surface area contributed by atoms with Crippen molar-refractivity contribution in [1.29, 1.82) is 0 Å². The quantitative estimate of drug-likeness (QED) is 0.609. The molecule has 24 heavy (non-hydrogen) atoms. The molecule has 0 bridgehead atoms. The highest BCUT2D eigenvalue weighted by atomic mass is 32.1. The van der Waals surface area contributed by atoms with Crippen LogP contribution in [0.3, 0.4) is 0 Å². The Kier molecular flexibility index (Phi) is 3.80. The Morgan fingerprint density at radius 2 is 2.04 bits per heavy atom. The summed E-state index contributed by atoms with van der Waals surface area (Å²) in [6.45, 7) is 0. The second kappa shape index (κ2) is 6.25. The third kappa shape index (κ3) is 3.04. The second-order valence-corrected chi connectivity index (χ2v) is 6.27. The van der Waals surface area contributed by atoms with E-state index in [-0.39, 0.29) is 5.91 Å². The summed E-state index contributed by atoms with van der Waals surface area (Å²) < 4.78 is 5.79. The zero-order valence-electron chi connectivity index (χ0n) is 12.6. The van der Waals surface area contributed by atoms with Crippen LogP contribution in [0.15, 0.2) is 64.7 Å². The minimum atomic E-state index is -0.0503. The van der Waals surface area contributed by atoms with Gasteiger partial charge in [-0.15, -0.1) is 11.3 Å². The summed E-state index contributed by atoms with van der Waals surface area (Å²) in [4.78, 5) is 21.6. The Bertz CT molecular complexity index is 978. The summed E-state index contributed by atoms with van der Waals surface area (Å²) >= 11 is 1.57. The van der Waals surface area contributed by atoms with Gasteiger partial charge in [-0.2, -0.15) is 0 Å². The molecule has 0 atom stereocenters. The van der Waals surface area contributed by atoms with Gasteiger partial charge in [0.2, 0.25) is 11.8 Å². The summed E-state index contributed by atoms with van der Waals surface area (Å²) in [7, 11) is 0. The molecule has 118 valence electrons. The van der Waals surface area contributed by atoms with Gasteiger partial charge < -0.3 is 9.73 Å². The molecule has 0 spiro atoms. The molecule has 0 fully saturated rings. The van der Waals surface area contributed by atoms with Gasteiger partial charge in [0.1, 0.15) is 5.52 Å². The topological polar surface area (TPSA) is 68.0 Å². The van der Waals surface area contributed by atoms with Gasteiger partial charge in [0.05, 0.1) is 6.42 Å². The molecule has 4 rings (SSSR count). The lowest BCUT2D eigenvalue weighted by Gasteiger charge is -2.03. The Labute approximate surface area is 142 Å². The number of benzene rings is 1. The molecule has 0 aliphatic rings. The fourth-order valence-electron chi connectivity index (χ4n) is 2.40. The van der Waals surface area contributed by atoms with Gasteiger partial charge in [-0.05, 0) is 35.7 Å². The number of oxazole rings is 1. The largest absolute Gasteiger partial charge is 0.436 e. The number of amides is 1. The molecule has 1 amide bonds. The Hall–Kier alpha value is -2.99. The summed E-state index contributed by atoms with van der Waals surface area (Å²) in [5.74, 6) is 0.486. The average molecular weight is 335 g/mol. The summed E-state index contributed by atoms with van der Waals surface area (Å²) in [6, 6.07) is 13.0. The van der Waals surface area contributed by atoms with Crippen molar-refractivity contribution < 1.29 is 9.21 Å². The molecular formula is C18H13N3O2S. The van der Waals surface area contributed by atoms with Crippen LogP contribution in [0.5, 0.6) is 0 Å². The van der Waals surface area contributed by atoms with E-state index in [2.05, 4.69) is 15.3 Å². The molecule has 0 aliphatic heterocycles. The molecule has 1 aromatic carbocycles. The minimum absolute atomic E-state index is 0.0503. The van der Waals surface area contributed by atoms with Crippen molar-refractivity contribution in [3.8, 4) is 11.5 Å². The highest BCUT2D eigenvalue weighted by molar-refractivity contribution is 7.10. The zero-order valence-corrected chi connectivity index (χ0v) is 13.4. The van der Waals surface area contributed by atoms with Gasteiger partial charge in [-0.1, -0.05) is 6.07 Å². The van der Waals surface area contributed by atoms with Crippen LogP contribution >= 0.6 is 11.3 Å². The lowest BCUT2D eigenvalue weighted by molar-refractivity contribution is -0.115. The maximum Gasteiger partial charge on any atom is 0.229 e. The molecule has 3 heterocycles. The molecule has 4 aromatic rings. The van der Waals surface area contributed by atoms with Crippen molar-refractivity contribution in [3.05, 3.63) is 65.1 Å². The fourth-order valence-corrected chi connectivity index (χ4v) is 3.10. The van der Waals surface area contributed by atoms with Crippen molar-refractivity contribution in [2.75, 3.05) is 5.32 Å². The third-order valence-electron chi connectivity index (χ3n) is 3.51. The standard InChI is InChI=1S/C18H13N3O2S/c22-17(11-14-2-1-9-24-14)20-13-3-4-15-16(10-13)23-18(21-15)12-5-7-19-8-6-12/h1-10H,11H2,(H,20,22). The molecule has 0 unspecified atom stereocenters. The van der Waals surface area contributed by atoms with Gasteiger partial charge in [-0.3, -0.25) is 9.78 Å². The summed E-state index contributed by atoms with van der Waals surface area (Å²) in [5, 5.41) is 4.85. The number of fused-ring (bicyclic) bond motifs is 1. The number of thiophene rings is 1. The van der Waals surface area contributed by atoms with E-state index in [0.717, 1.165) is 16.0 Å². The van der Waals surface area contributed by atoms with Gasteiger partial charge in [-0.25, -0.2) is 4.98 Å². The number of aromatic nitrogens is 2. The average Bonchev–Trinajstić information content (AvgIpc) is 3.24. The number of pyridine rings is 1. The van der Waals surface area contributed by atoms with Crippen molar-refractivity contribution in [3.63, 3.8) is 0 Å². The number of rotatable bonds is 4. The third-order valence-corrected chi connectivity index (χ3v) is 4.39. The molecule has 0 aliphatic carbocycles. The van der Waals surface area contributed by atoms with E-state index in [4.69, 9.17) is 4.42 Å². The number of hydrogen-bond acceptors (Lipinski definition) is 5. The van der Waals surface area contributed by atoms with Crippen LogP contribution in [0.1, 0.15) is 4.88 Å². The SMILES string of the molecule is O=C(Cc1cccs1)Nc1ccc2nc(-c3ccncc3)oc2c1. The van der Waals surface area contributed by atoms with Crippen LogP contribution < -0.4 is 5.32 Å². The van der Waals surface area contributed by atoms with Crippen LogP contribution in [0.25, 0.3) is 22.6 Å². The van der Waals surface area contributed by atoms with Crippen LogP contribution in [-0.4, -0.2) is 15.9 Å². The van der Waals surface area contributed by atoms with E-state index >= 15 is 0 Å². The van der Waals surface area contributed by atoms with Crippen LogP contribution in [0.2, 0.25) is 0 Å². The first-order valence-corrected chi connectivity index (χ1v) is 8.29.